The Bertz CT molecular complexity index is 784. The number of benzene rings is 1. The summed E-state index contributed by atoms with van der Waals surface area (Å²) in [5, 5.41) is 0. The minimum absolute atomic E-state index is 0. The molecule has 1 aromatic rings. The average Bonchev–Trinajstić information content (AvgIpc) is 3.15. The smallest absolute Gasteiger partial charge is 1.00 e. The zero-order chi connectivity index (χ0) is 18.0. The Morgan fingerprint density at radius 2 is 1.81 bits per heavy atom. The first-order valence-electron chi connectivity index (χ1n) is 9.34. The van der Waals surface area contributed by atoms with E-state index >= 15 is 0 Å². The fraction of sp³-hybridized carbons (Fsp3) is 0.409. The maximum absolute atomic E-state index is 6.13. The van der Waals surface area contributed by atoms with Crippen LogP contribution in [-0.4, -0.2) is 18.1 Å². The van der Waals surface area contributed by atoms with E-state index in [0.29, 0.717) is 3.63 Å². The molecule has 0 radical (unpaired) electrons. The Balaban J connectivity index is 0.00000182. The van der Waals surface area contributed by atoms with Crippen LogP contribution in [0.25, 0.3) is 6.08 Å². The van der Waals surface area contributed by atoms with Gasteiger partial charge in [0.1, 0.15) is 0 Å². The van der Waals surface area contributed by atoms with Crippen molar-refractivity contribution in [1.29, 1.82) is 0 Å². The second-order valence-electron chi connectivity index (χ2n) is 8.20. The summed E-state index contributed by atoms with van der Waals surface area (Å²) in [6, 6.07) is 8.98. The van der Waals surface area contributed by atoms with Crippen molar-refractivity contribution in [2.75, 3.05) is 6.61 Å². The zero-order valence-electron chi connectivity index (χ0n) is 17.0. The van der Waals surface area contributed by atoms with Crippen molar-refractivity contribution >= 4 is 17.6 Å². The number of allylic oxidation sites excluding steroid dienone is 4. The van der Waals surface area contributed by atoms with Gasteiger partial charge in [0.15, 0.2) is 0 Å². The van der Waals surface area contributed by atoms with Gasteiger partial charge in [0, 0.05) is 0 Å². The van der Waals surface area contributed by atoms with Gasteiger partial charge in [-0.3, -0.25) is 0 Å². The Morgan fingerprint density at radius 3 is 2.48 bits per heavy atom. The molecular formula is C22H30Cl2OSiZr. The van der Waals surface area contributed by atoms with Crippen LogP contribution in [-0.2, 0) is 25.7 Å². The van der Waals surface area contributed by atoms with Gasteiger partial charge in [-0.15, -0.1) is 0 Å². The molecule has 0 bridgehead atoms. The third-order valence-corrected chi connectivity index (χ3v) is 14.3. The van der Waals surface area contributed by atoms with E-state index in [0.717, 1.165) is 13.0 Å². The van der Waals surface area contributed by atoms with Crippen molar-refractivity contribution in [3.63, 3.8) is 0 Å². The second kappa shape index (κ2) is 10.6. The fourth-order valence-corrected chi connectivity index (χ4v) is 12.8. The normalized spacial score (nSPS) is 17.1. The molecule has 0 N–H and O–H groups in total. The summed E-state index contributed by atoms with van der Waals surface area (Å²) in [5.41, 5.74) is 4.59. The summed E-state index contributed by atoms with van der Waals surface area (Å²) in [5.74, 6) is 0. The summed E-state index contributed by atoms with van der Waals surface area (Å²) < 4.78 is 10.3. The maximum Gasteiger partial charge on any atom is -1.00 e. The topological polar surface area (TPSA) is 9.23 Å². The van der Waals surface area contributed by atoms with Gasteiger partial charge in [0.2, 0.25) is 0 Å². The van der Waals surface area contributed by atoms with Gasteiger partial charge < -0.3 is 24.8 Å². The molecule has 0 amide bonds. The third kappa shape index (κ3) is 6.21. The molecule has 146 valence electrons. The number of rotatable bonds is 6. The Morgan fingerprint density at radius 1 is 1.11 bits per heavy atom. The first-order chi connectivity index (χ1) is 11.9. The third-order valence-electron chi connectivity index (χ3n) is 4.91. The van der Waals surface area contributed by atoms with E-state index in [4.69, 9.17) is 4.43 Å². The molecule has 1 aromatic carbocycles. The maximum atomic E-state index is 6.13. The summed E-state index contributed by atoms with van der Waals surface area (Å²) in [7, 11) is -1.42. The van der Waals surface area contributed by atoms with Crippen LogP contribution in [0.1, 0.15) is 41.4 Å². The molecule has 2 aliphatic rings. The molecule has 0 spiro atoms. The van der Waals surface area contributed by atoms with Crippen molar-refractivity contribution in [3.8, 4) is 0 Å². The van der Waals surface area contributed by atoms with E-state index in [-0.39, 0.29) is 24.8 Å². The minimum Gasteiger partial charge on any atom is -1.00 e. The van der Waals surface area contributed by atoms with Crippen molar-refractivity contribution in [2.24, 2.45) is 0 Å². The number of fused-ring (bicyclic) bond motifs is 1. The van der Waals surface area contributed by atoms with Crippen molar-refractivity contribution in [3.05, 3.63) is 62.5 Å². The molecule has 1 atom stereocenters. The standard InChI is InChI=1S/C10H17OSi.C9H7.C3H6.2ClH.Zr/c1-12(2,3)11-9-8-10-6-4-5-7-10;1-2-5-9-7-3-6-8(9)4-1;1-3-2;;;/h4,6H,5,8-9H2,1-3H3;1-7H;1-2H3;2*1H;/q;;;;;+2/p-2. The molecule has 27 heavy (non-hydrogen) atoms. The largest absolute Gasteiger partial charge is 1.00 e. The summed E-state index contributed by atoms with van der Waals surface area (Å²) in [6.07, 6.45) is 11.9. The van der Waals surface area contributed by atoms with E-state index in [1.54, 1.807) is 17.6 Å². The molecule has 0 saturated heterocycles. The molecule has 5 heteroatoms. The summed E-state index contributed by atoms with van der Waals surface area (Å²) in [6.45, 7) is 12.5. The van der Waals surface area contributed by atoms with Crippen LogP contribution in [0, 0.1) is 0 Å². The van der Waals surface area contributed by atoms with E-state index < -0.39 is 29.6 Å². The second-order valence-corrected chi connectivity index (χ2v) is 20.2. The van der Waals surface area contributed by atoms with Crippen LogP contribution >= 0.6 is 0 Å². The van der Waals surface area contributed by atoms with E-state index in [2.05, 4.69) is 82.1 Å². The van der Waals surface area contributed by atoms with Crippen molar-refractivity contribution < 1.29 is 50.5 Å². The molecule has 0 aromatic heterocycles. The molecule has 2 aliphatic carbocycles. The molecule has 3 rings (SSSR count). The first-order valence-corrected chi connectivity index (χ1v) is 16.6. The predicted octanol–water partition coefficient (Wildman–Crippen LogP) is 0.0485. The van der Waals surface area contributed by atoms with Crippen LogP contribution < -0.4 is 24.8 Å². The molecule has 1 unspecified atom stereocenters. The molecule has 1 nitrogen and oxygen atoms in total. The first kappa shape index (κ1) is 25.0. The fourth-order valence-electron chi connectivity index (χ4n) is 3.84. The monoisotopic (exact) mass is 498 g/mol. The van der Waals surface area contributed by atoms with Crippen LogP contribution in [0.4, 0.5) is 0 Å². The number of halogens is 2. The van der Waals surface area contributed by atoms with E-state index in [1.807, 2.05) is 0 Å². The quantitative estimate of drug-likeness (QED) is 0.502. The van der Waals surface area contributed by atoms with E-state index in [9.17, 15) is 0 Å². The summed E-state index contributed by atoms with van der Waals surface area (Å²) >= 11 is -1.89. The molecule has 0 fully saturated rings. The van der Waals surface area contributed by atoms with Crippen LogP contribution in [0.15, 0.2) is 51.3 Å². The van der Waals surface area contributed by atoms with Crippen LogP contribution in [0.5, 0.6) is 0 Å². The van der Waals surface area contributed by atoms with Gasteiger partial charge in [0.05, 0.1) is 0 Å². The SMILES string of the molecule is C[C](C)=[Zr+2]([C]1=C(CCO[Si](C)(C)C)C=CC1)[CH]1C=Cc2ccccc21.[Cl-].[Cl-]. The van der Waals surface area contributed by atoms with Crippen molar-refractivity contribution in [1.82, 2.24) is 0 Å². The minimum atomic E-state index is -1.89. The van der Waals surface area contributed by atoms with Gasteiger partial charge in [-0.25, -0.2) is 0 Å². The van der Waals surface area contributed by atoms with Crippen LogP contribution in [0.2, 0.25) is 19.6 Å². The van der Waals surface area contributed by atoms with Gasteiger partial charge in [-0.1, -0.05) is 0 Å². The van der Waals surface area contributed by atoms with Gasteiger partial charge in [-0.2, -0.15) is 0 Å². The number of hydrogen-bond donors (Lipinski definition) is 0. The predicted molar refractivity (Wildman–Crippen MR) is 109 cm³/mol. The van der Waals surface area contributed by atoms with Crippen molar-refractivity contribution in [2.45, 2.75) is 50.0 Å². The van der Waals surface area contributed by atoms with Gasteiger partial charge in [0.25, 0.3) is 0 Å². The molecular weight excluding hydrogens is 470 g/mol. The molecule has 0 heterocycles. The zero-order valence-corrected chi connectivity index (χ0v) is 22.0. The Kier molecular flexibility index (Phi) is 9.85. The molecule has 0 aliphatic heterocycles. The van der Waals surface area contributed by atoms with Crippen LogP contribution in [0.3, 0.4) is 0 Å². The van der Waals surface area contributed by atoms with Gasteiger partial charge >= 0.3 is 162 Å². The summed E-state index contributed by atoms with van der Waals surface area (Å²) in [4.78, 5) is 0. The Hall–Kier alpha value is -0.0500. The Labute approximate surface area is 186 Å². The molecule has 0 saturated carbocycles. The van der Waals surface area contributed by atoms with Gasteiger partial charge in [-0.05, 0) is 0 Å². The average molecular weight is 501 g/mol. The van der Waals surface area contributed by atoms with E-state index in [1.165, 1.54) is 12.0 Å². The number of hydrogen-bond acceptors (Lipinski definition) is 1.